The fraction of sp³-hybridized carbons (Fsp3) is 0. The van der Waals surface area contributed by atoms with Gasteiger partial charge in [0.25, 0.3) is 0 Å². The molecule has 0 aliphatic carbocycles. The van der Waals surface area contributed by atoms with E-state index in [1.54, 1.807) is 12.1 Å². The van der Waals surface area contributed by atoms with Gasteiger partial charge >= 0.3 is 0 Å². The molecule has 1 rings (SSSR count). The molecular formula is C7H6IN3. The Morgan fingerprint density at radius 3 is 2.73 bits per heavy atom. The van der Waals surface area contributed by atoms with Gasteiger partial charge in [-0.25, -0.2) is 0 Å². The smallest absolute Gasteiger partial charge is 0.100 e. The molecule has 0 bridgehead atoms. The van der Waals surface area contributed by atoms with Crippen molar-refractivity contribution in [1.82, 2.24) is 0 Å². The van der Waals surface area contributed by atoms with Gasteiger partial charge in [-0.2, -0.15) is 5.26 Å². The highest BCUT2D eigenvalue weighted by atomic mass is 127. The lowest BCUT2D eigenvalue weighted by Crippen LogP contribution is -2.06. The maximum Gasteiger partial charge on any atom is 0.100 e. The molecule has 56 valence electrons. The molecule has 4 heteroatoms. The van der Waals surface area contributed by atoms with Gasteiger partial charge in [-0.05, 0) is 40.8 Å². The molecule has 3 nitrogen and oxygen atoms in total. The van der Waals surface area contributed by atoms with Gasteiger partial charge in [-0.1, -0.05) is 0 Å². The first kappa shape index (κ1) is 8.30. The highest BCUT2D eigenvalue weighted by molar-refractivity contribution is 14.1. The highest BCUT2D eigenvalue weighted by Crippen LogP contribution is 2.15. The fourth-order valence-corrected chi connectivity index (χ4v) is 1.33. The van der Waals surface area contributed by atoms with Crippen molar-refractivity contribution >= 4 is 28.3 Å². The molecule has 1 aromatic carbocycles. The van der Waals surface area contributed by atoms with Crippen LogP contribution in [-0.4, -0.2) is 0 Å². The number of nitrogens with two attached hydrogens (primary N) is 1. The Kier molecular flexibility index (Phi) is 2.68. The number of nitrogen functional groups attached to an aromatic ring is 1. The highest BCUT2D eigenvalue weighted by Gasteiger charge is 1.97. The van der Waals surface area contributed by atoms with Crippen LogP contribution in [0.4, 0.5) is 5.69 Å². The van der Waals surface area contributed by atoms with E-state index in [-0.39, 0.29) is 0 Å². The maximum absolute atomic E-state index is 8.58. The number of rotatable bonds is 1. The first-order valence-electron chi connectivity index (χ1n) is 2.94. The van der Waals surface area contributed by atoms with Crippen LogP contribution in [0.3, 0.4) is 0 Å². The largest absolute Gasteiger partial charge is 0.324 e. The third kappa shape index (κ3) is 1.82. The minimum absolute atomic E-state index is 0.671. The van der Waals surface area contributed by atoms with E-state index in [0.717, 1.165) is 9.26 Å². The predicted octanol–water partition coefficient (Wildman–Crippen LogP) is 1.45. The second-order valence-electron chi connectivity index (χ2n) is 1.95. The maximum atomic E-state index is 8.58. The molecule has 0 fully saturated rings. The van der Waals surface area contributed by atoms with Gasteiger partial charge < -0.3 is 5.43 Å². The lowest BCUT2D eigenvalue weighted by molar-refractivity contribution is 1.34. The minimum Gasteiger partial charge on any atom is -0.324 e. The first-order valence-corrected chi connectivity index (χ1v) is 4.02. The number of hydrazine groups is 1. The molecule has 0 aliphatic heterocycles. The van der Waals surface area contributed by atoms with Crippen molar-refractivity contribution in [1.29, 1.82) is 5.26 Å². The quantitative estimate of drug-likeness (QED) is 0.456. The van der Waals surface area contributed by atoms with E-state index in [1.807, 2.05) is 6.07 Å². The Labute approximate surface area is 78.3 Å². The number of nitrogens with one attached hydrogen (secondary N) is 1. The van der Waals surface area contributed by atoms with E-state index >= 15 is 0 Å². The number of nitriles is 1. The van der Waals surface area contributed by atoms with E-state index in [1.165, 1.54) is 0 Å². The molecule has 0 amide bonds. The van der Waals surface area contributed by atoms with Crippen LogP contribution < -0.4 is 11.3 Å². The zero-order chi connectivity index (χ0) is 8.27. The summed E-state index contributed by atoms with van der Waals surface area (Å²) in [5, 5.41) is 8.58. The normalized spacial score (nSPS) is 8.82. The van der Waals surface area contributed by atoms with Gasteiger partial charge in [0.2, 0.25) is 0 Å². The molecule has 0 atom stereocenters. The number of nitrogens with zero attached hydrogens (tertiary/aromatic N) is 1. The summed E-state index contributed by atoms with van der Waals surface area (Å²) in [6.07, 6.45) is 0. The standard InChI is InChI=1S/C7H6IN3/c8-7-3-6(11-10)2-1-5(7)4-9/h1-3,11H,10H2. The molecule has 0 aromatic heterocycles. The topological polar surface area (TPSA) is 61.8 Å². The van der Waals surface area contributed by atoms with Crippen LogP contribution >= 0.6 is 22.6 Å². The van der Waals surface area contributed by atoms with Gasteiger partial charge in [-0.3, -0.25) is 5.84 Å². The number of halogens is 1. The summed E-state index contributed by atoms with van der Waals surface area (Å²) in [4.78, 5) is 0. The lowest BCUT2D eigenvalue weighted by Gasteiger charge is -2.00. The molecule has 0 spiro atoms. The molecule has 0 saturated heterocycles. The Bertz CT molecular complexity index is 303. The Hall–Kier alpha value is -0.800. The van der Waals surface area contributed by atoms with Crippen LogP contribution in [0.5, 0.6) is 0 Å². The van der Waals surface area contributed by atoms with Crippen molar-refractivity contribution < 1.29 is 0 Å². The SMILES string of the molecule is N#Cc1ccc(NN)cc1I. The van der Waals surface area contributed by atoms with Crippen LogP contribution in [0, 0.1) is 14.9 Å². The summed E-state index contributed by atoms with van der Waals surface area (Å²) in [5.74, 6) is 5.17. The van der Waals surface area contributed by atoms with E-state index in [9.17, 15) is 0 Å². The third-order valence-electron chi connectivity index (χ3n) is 1.26. The van der Waals surface area contributed by atoms with E-state index in [4.69, 9.17) is 11.1 Å². The van der Waals surface area contributed by atoms with E-state index < -0.39 is 0 Å². The zero-order valence-electron chi connectivity index (χ0n) is 5.63. The predicted molar refractivity (Wildman–Crippen MR) is 51.7 cm³/mol. The van der Waals surface area contributed by atoms with Gasteiger partial charge in [0.05, 0.1) is 5.56 Å². The zero-order valence-corrected chi connectivity index (χ0v) is 7.79. The molecule has 0 unspecified atom stereocenters. The summed E-state index contributed by atoms with van der Waals surface area (Å²) in [6, 6.07) is 7.39. The van der Waals surface area contributed by atoms with Crippen LogP contribution in [0.1, 0.15) is 5.56 Å². The summed E-state index contributed by atoms with van der Waals surface area (Å²) in [6.45, 7) is 0. The number of benzene rings is 1. The molecule has 3 N–H and O–H groups in total. The summed E-state index contributed by atoms with van der Waals surface area (Å²) in [7, 11) is 0. The van der Waals surface area contributed by atoms with Crippen molar-refractivity contribution in [3.8, 4) is 6.07 Å². The van der Waals surface area contributed by atoms with Gasteiger partial charge in [0, 0.05) is 9.26 Å². The van der Waals surface area contributed by atoms with Crippen molar-refractivity contribution in [3.63, 3.8) is 0 Å². The summed E-state index contributed by atoms with van der Waals surface area (Å²) in [5.41, 5.74) is 3.99. The summed E-state index contributed by atoms with van der Waals surface area (Å²) >= 11 is 2.09. The molecule has 0 aliphatic rings. The number of hydrogen-bond acceptors (Lipinski definition) is 3. The van der Waals surface area contributed by atoms with Crippen LogP contribution in [0.15, 0.2) is 18.2 Å². The van der Waals surface area contributed by atoms with Gasteiger partial charge in [-0.15, -0.1) is 0 Å². The fourth-order valence-electron chi connectivity index (χ4n) is 0.696. The molecule has 0 radical (unpaired) electrons. The van der Waals surface area contributed by atoms with Crippen molar-refractivity contribution in [2.24, 2.45) is 5.84 Å². The second kappa shape index (κ2) is 3.55. The lowest BCUT2D eigenvalue weighted by atomic mass is 10.2. The van der Waals surface area contributed by atoms with E-state index in [2.05, 4.69) is 34.1 Å². The molecule has 0 heterocycles. The van der Waals surface area contributed by atoms with Crippen LogP contribution in [0.2, 0.25) is 0 Å². The Balaban J connectivity index is 3.12. The van der Waals surface area contributed by atoms with Crippen molar-refractivity contribution in [2.45, 2.75) is 0 Å². The minimum atomic E-state index is 0.671. The summed E-state index contributed by atoms with van der Waals surface area (Å²) < 4.78 is 0.903. The van der Waals surface area contributed by atoms with Crippen LogP contribution in [-0.2, 0) is 0 Å². The first-order chi connectivity index (χ1) is 5.27. The average Bonchev–Trinajstić information content (AvgIpc) is 2.04. The Morgan fingerprint density at radius 2 is 2.27 bits per heavy atom. The molecular weight excluding hydrogens is 253 g/mol. The molecule has 11 heavy (non-hydrogen) atoms. The van der Waals surface area contributed by atoms with Gasteiger partial charge in [0.1, 0.15) is 6.07 Å². The average molecular weight is 259 g/mol. The van der Waals surface area contributed by atoms with Gasteiger partial charge in [0.15, 0.2) is 0 Å². The molecule has 0 saturated carbocycles. The van der Waals surface area contributed by atoms with Crippen molar-refractivity contribution in [3.05, 3.63) is 27.3 Å². The number of anilines is 1. The van der Waals surface area contributed by atoms with Crippen LogP contribution in [0.25, 0.3) is 0 Å². The second-order valence-corrected chi connectivity index (χ2v) is 3.11. The Morgan fingerprint density at radius 1 is 1.55 bits per heavy atom. The third-order valence-corrected chi connectivity index (χ3v) is 2.15. The monoisotopic (exact) mass is 259 g/mol. The molecule has 1 aromatic rings. The number of hydrogen-bond donors (Lipinski definition) is 2. The van der Waals surface area contributed by atoms with E-state index in [0.29, 0.717) is 5.56 Å². The van der Waals surface area contributed by atoms with Crippen molar-refractivity contribution in [2.75, 3.05) is 5.43 Å².